The number of benzene rings is 4. The van der Waals surface area contributed by atoms with Crippen molar-refractivity contribution in [3.63, 3.8) is 0 Å². The predicted molar refractivity (Wildman–Crippen MR) is 179 cm³/mol. The Balaban J connectivity index is 1.31. The van der Waals surface area contributed by atoms with Gasteiger partial charge in [0.25, 0.3) is 0 Å². The molecule has 12 nitrogen and oxygen atoms in total. The Morgan fingerprint density at radius 3 is 1.45 bits per heavy atom. The predicted octanol–water partition coefficient (Wildman–Crippen LogP) is 6.02. The van der Waals surface area contributed by atoms with Crippen LogP contribution in [0.2, 0.25) is 0 Å². The first-order chi connectivity index (χ1) is 23.9. The van der Waals surface area contributed by atoms with Crippen LogP contribution in [-0.4, -0.2) is 55.9 Å². The summed E-state index contributed by atoms with van der Waals surface area (Å²) in [5.41, 5.74) is 3.07. The molecule has 1 amide bonds. The largest absolute Gasteiger partial charge is 0.478 e. The molecule has 258 valence electrons. The van der Waals surface area contributed by atoms with E-state index >= 15 is 0 Å². The van der Waals surface area contributed by atoms with Gasteiger partial charge < -0.3 is 19.5 Å². The number of esters is 2. The molecule has 13 heteroatoms. The Labute approximate surface area is 285 Å². The zero-order chi connectivity index (χ0) is 34.6. The maximum Gasteiger partial charge on any atom is 0.478 e. The fraction of sp³-hybridized carbons (Fsp3) is 0.250. The van der Waals surface area contributed by atoms with Crippen LogP contribution in [-0.2, 0) is 68.4 Å². The van der Waals surface area contributed by atoms with Crippen molar-refractivity contribution >= 4 is 25.9 Å². The zero-order valence-corrected chi connectivity index (χ0v) is 27.8. The highest BCUT2D eigenvalue weighted by Crippen LogP contribution is 2.51. The van der Waals surface area contributed by atoms with Crippen molar-refractivity contribution in [2.75, 3.05) is 33.0 Å². The molecule has 1 N–H and O–H groups in total. The van der Waals surface area contributed by atoms with E-state index in [1.54, 1.807) is 60.7 Å². The van der Waals surface area contributed by atoms with Gasteiger partial charge in [0.1, 0.15) is 19.8 Å². The number of hydrogen-bond donors (Lipinski definition) is 1. The van der Waals surface area contributed by atoms with E-state index in [0.717, 1.165) is 27.2 Å². The molecule has 0 atom stereocenters. The summed E-state index contributed by atoms with van der Waals surface area (Å²) in [4.78, 5) is 39.0. The molecular formula is C36H39N2O10P. The van der Waals surface area contributed by atoms with Crippen molar-refractivity contribution in [2.45, 2.75) is 26.4 Å². The van der Waals surface area contributed by atoms with Gasteiger partial charge in [0.15, 0.2) is 0 Å². The van der Waals surface area contributed by atoms with Crippen LogP contribution in [0.15, 0.2) is 121 Å². The third-order valence-electron chi connectivity index (χ3n) is 6.75. The van der Waals surface area contributed by atoms with Crippen LogP contribution >= 0.6 is 7.82 Å². The van der Waals surface area contributed by atoms with Crippen LogP contribution in [0.1, 0.15) is 22.3 Å². The normalized spacial score (nSPS) is 11.0. The van der Waals surface area contributed by atoms with Gasteiger partial charge in [0.05, 0.1) is 19.8 Å². The average Bonchev–Trinajstić information content (AvgIpc) is 3.14. The SMILES string of the molecule is O=C(CNCCN(CC(=O)OCc1ccccc1)C(=O)OCOP(=O)(OCc1ccccc1)OCc1ccccc1)OCc1ccccc1. The molecule has 0 aliphatic rings. The maximum absolute atomic E-state index is 13.5. The van der Waals surface area contributed by atoms with Gasteiger partial charge in [-0.05, 0) is 22.3 Å². The summed E-state index contributed by atoms with van der Waals surface area (Å²) in [6.07, 6.45) is -0.956. The van der Waals surface area contributed by atoms with Gasteiger partial charge in [-0.2, -0.15) is 0 Å². The van der Waals surface area contributed by atoms with Gasteiger partial charge in [0.2, 0.25) is 6.79 Å². The van der Waals surface area contributed by atoms with Gasteiger partial charge >= 0.3 is 25.9 Å². The van der Waals surface area contributed by atoms with Gasteiger partial charge in [0, 0.05) is 13.1 Å². The summed E-state index contributed by atoms with van der Waals surface area (Å²) in [5.74, 6) is -1.18. The van der Waals surface area contributed by atoms with Crippen LogP contribution < -0.4 is 5.32 Å². The standard InChI is InChI=1S/C36H39N2O10P/c39-34(43-25-30-13-5-1-6-14-30)23-37-21-22-38(24-35(40)44-26-31-15-7-2-8-16-31)36(41)45-29-48-49(42,46-27-32-17-9-3-10-18-32)47-28-33-19-11-4-12-20-33/h1-20,37H,21-29H2. The molecule has 0 heterocycles. The van der Waals surface area contributed by atoms with E-state index < -0.39 is 39.2 Å². The minimum atomic E-state index is -4.23. The highest BCUT2D eigenvalue weighted by molar-refractivity contribution is 7.48. The third kappa shape index (κ3) is 14.4. The van der Waals surface area contributed by atoms with Gasteiger partial charge in [-0.1, -0.05) is 121 Å². The molecule has 0 unspecified atom stereocenters. The molecule has 0 fully saturated rings. The fourth-order valence-electron chi connectivity index (χ4n) is 4.17. The average molecular weight is 691 g/mol. The zero-order valence-electron chi connectivity index (χ0n) is 26.9. The molecule has 0 spiro atoms. The van der Waals surface area contributed by atoms with Crippen LogP contribution in [0.4, 0.5) is 4.79 Å². The van der Waals surface area contributed by atoms with E-state index in [2.05, 4.69) is 5.32 Å². The molecule has 4 aromatic rings. The monoisotopic (exact) mass is 690 g/mol. The van der Waals surface area contributed by atoms with Crippen molar-refractivity contribution < 1.29 is 46.7 Å². The van der Waals surface area contributed by atoms with Crippen molar-refractivity contribution in [1.29, 1.82) is 0 Å². The maximum atomic E-state index is 13.5. The number of ether oxygens (including phenoxy) is 3. The summed E-state index contributed by atoms with van der Waals surface area (Å²) in [6, 6.07) is 36.3. The van der Waals surface area contributed by atoms with E-state index in [1.807, 2.05) is 60.7 Å². The number of rotatable bonds is 20. The van der Waals surface area contributed by atoms with E-state index in [9.17, 15) is 18.9 Å². The summed E-state index contributed by atoms with van der Waals surface area (Å²) in [7, 11) is -4.23. The minimum absolute atomic E-state index is 0.0118. The third-order valence-corrected chi connectivity index (χ3v) is 8.06. The van der Waals surface area contributed by atoms with E-state index in [1.165, 1.54) is 0 Å². The lowest BCUT2D eigenvalue weighted by Gasteiger charge is -2.22. The fourth-order valence-corrected chi connectivity index (χ4v) is 5.19. The highest BCUT2D eigenvalue weighted by atomic mass is 31.2. The second-order valence-corrected chi connectivity index (χ2v) is 12.2. The summed E-state index contributed by atoms with van der Waals surface area (Å²) < 4.78 is 45.8. The number of amides is 1. The van der Waals surface area contributed by atoms with Crippen LogP contribution in [0.3, 0.4) is 0 Å². The molecule has 0 saturated carbocycles. The number of phosphoric acid groups is 1. The molecule has 49 heavy (non-hydrogen) atoms. The van der Waals surface area contributed by atoms with Crippen molar-refractivity contribution in [3.8, 4) is 0 Å². The van der Waals surface area contributed by atoms with Crippen LogP contribution in [0, 0.1) is 0 Å². The number of carbonyl (C=O) groups excluding carboxylic acids is 3. The summed E-state index contributed by atoms with van der Waals surface area (Å²) in [6.45, 7) is -1.34. The molecule has 0 aliphatic carbocycles. The second-order valence-electron chi connectivity index (χ2n) is 10.5. The van der Waals surface area contributed by atoms with Gasteiger partial charge in [-0.25, -0.2) is 13.9 Å². The number of carbonyl (C=O) groups is 3. The number of hydrogen-bond acceptors (Lipinski definition) is 11. The topological polar surface area (TPSA) is 139 Å². The molecule has 0 radical (unpaired) electrons. The number of nitrogens with zero attached hydrogens (tertiary/aromatic N) is 1. The van der Waals surface area contributed by atoms with E-state index in [0.29, 0.717) is 0 Å². The van der Waals surface area contributed by atoms with Crippen molar-refractivity contribution in [3.05, 3.63) is 144 Å². The van der Waals surface area contributed by atoms with Crippen LogP contribution in [0.25, 0.3) is 0 Å². The summed E-state index contributed by atoms with van der Waals surface area (Å²) in [5, 5.41) is 2.89. The lowest BCUT2D eigenvalue weighted by atomic mass is 10.2. The highest BCUT2D eigenvalue weighted by Gasteiger charge is 2.29. The molecule has 4 aromatic carbocycles. The Bertz CT molecular complexity index is 1560. The second kappa shape index (κ2) is 20.5. The number of nitrogens with one attached hydrogen (secondary N) is 1. The molecule has 4 rings (SSSR count). The Morgan fingerprint density at radius 2 is 0.980 bits per heavy atom. The Kier molecular flexibility index (Phi) is 15.5. The van der Waals surface area contributed by atoms with Crippen LogP contribution in [0.5, 0.6) is 0 Å². The molecular weight excluding hydrogens is 651 g/mol. The minimum Gasteiger partial charge on any atom is -0.460 e. The summed E-state index contributed by atoms with van der Waals surface area (Å²) >= 11 is 0. The van der Waals surface area contributed by atoms with Crippen molar-refractivity contribution in [2.24, 2.45) is 0 Å². The molecule has 0 aliphatic heterocycles. The van der Waals surface area contributed by atoms with Crippen molar-refractivity contribution in [1.82, 2.24) is 10.2 Å². The van der Waals surface area contributed by atoms with Gasteiger partial charge in [-0.15, -0.1) is 0 Å². The Hall–Kier alpha value is -4.84. The first-order valence-corrected chi connectivity index (χ1v) is 17.0. The van der Waals surface area contributed by atoms with Gasteiger partial charge in [-0.3, -0.25) is 23.5 Å². The van der Waals surface area contributed by atoms with E-state index in [4.69, 9.17) is 27.8 Å². The molecule has 0 saturated heterocycles. The molecule has 0 bridgehead atoms. The first-order valence-electron chi connectivity index (χ1n) is 15.5. The van der Waals surface area contributed by atoms with E-state index in [-0.39, 0.29) is 46.1 Å². The quantitative estimate of drug-likeness (QED) is 0.0383. The lowest BCUT2D eigenvalue weighted by molar-refractivity contribution is -0.146. The Morgan fingerprint density at radius 1 is 0.551 bits per heavy atom. The molecule has 0 aromatic heterocycles. The smallest absolute Gasteiger partial charge is 0.460 e. The first kappa shape index (κ1) is 37.0. The number of phosphoric ester groups is 1. The lowest BCUT2D eigenvalue weighted by Crippen LogP contribution is -2.42.